The summed E-state index contributed by atoms with van der Waals surface area (Å²) in [4.78, 5) is 26.7. The normalized spacial score (nSPS) is 10.8. The van der Waals surface area contributed by atoms with E-state index in [1.807, 2.05) is 31.4 Å². The van der Waals surface area contributed by atoms with Crippen LogP contribution in [0.5, 0.6) is 0 Å². The third-order valence-corrected chi connectivity index (χ3v) is 4.05. The van der Waals surface area contributed by atoms with Gasteiger partial charge in [-0.05, 0) is 38.6 Å². The second-order valence-electron chi connectivity index (χ2n) is 5.47. The van der Waals surface area contributed by atoms with E-state index in [-0.39, 0.29) is 24.4 Å². The topological polar surface area (TPSA) is 55.8 Å². The Hall–Kier alpha value is -1.40. The largest absolute Gasteiger partial charge is 0.466 e. The highest BCUT2D eigenvalue weighted by Crippen LogP contribution is 2.11. The fourth-order valence-electron chi connectivity index (χ4n) is 2.07. The Morgan fingerprint density at radius 1 is 1.30 bits per heavy atom. The first-order valence-corrected chi connectivity index (χ1v) is 8.98. The van der Waals surface area contributed by atoms with Gasteiger partial charge in [0.2, 0.25) is 5.91 Å². The minimum Gasteiger partial charge on any atom is -0.466 e. The predicted octanol–water partition coefficient (Wildman–Crippen LogP) is 2.89. The van der Waals surface area contributed by atoms with Crippen LogP contribution in [0.25, 0.3) is 0 Å². The number of rotatable bonds is 11. The first-order valence-electron chi connectivity index (χ1n) is 8.10. The molecule has 0 saturated carbocycles. The van der Waals surface area contributed by atoms with Crippen molar-refractivity contribution in [3.8, 4) is 0 Å². The van der Waals surface area contributed by atoms with Crippen molar-refractivity contribution < 1.29 is 19.1 Å². The van der Waals surface area contributed by atoms with E-state index >= 15 is 0 Å². The number of amides is 1. The van der Waals surface area contributed by atoms with Crippen LogP contribution in [-0.4, -0.2) is 49.2 Å². The van der Waals surface area contributed by atoms with Crippen LogP contribution in [0.4, 0.5) is 0 Å². The van der Waals surface area contributed by atoms with Crippen LogP contribution in [0.3, 0.4) is 0 Å². The minimum atomic E-state index is -0.264. The van der Waals surface area contributed by atoms with Gasteiger partial charge in [0.25, 0.3) is 0 Å². The number of nitrogens with zero attached hydrogens (tertiary/aromatic N) is 1. The van der Waals surface area contributed by atoms with E-state index in [9.17, 15) is 9.59 Å². The number of carbonyl (C=O) groups is 2. The third-order valence-electron chi connectivity index (χ3n) is 3.17. The van der Waals surface area contributed by atoms with Gasteiger partial charge in [-0.3, -0.25) is 9.59 Å². The summed E-state index contributed by atoms with van der Waals surface area (Å²) in [6.45, 7) is 7.72. The van der Waals surface area contributed by atoms with E-state index in [1.165, 1.54) is 0 Å². The van der Waals surface area contributed by atoms with Crippen molar-refractivity contribution in [3.63, 3.8) is 0 Å². The Labute approximate surface area is 142 Å². The number of ether oxygens (including phenoxy) is 2. The van der Waals surface area contributed by atoms with E-state index in [2.05, 4.69) is 0 Å². The Kier molecular flexibility index (Phi) is 9.55. The predicted molar refractivity (Wildman–Crippen MR) is 91.6 cm³/mol. The second-order valence-corrected chi connectivity index (χ2v) is 6.50. The Bertz CT molecular complexity index is 459. The highest BCUT2D eigenvalue weighted by molar-refractivity contribution is 7.10. The Balaban J connectivity index is 2.48. The number of thiophene rings is 1. The van der Waals surface area contributed by atoms with Gasteiger partial charge in [-0.15, -0.1) is 11.3 Å². The lowest BCUT2D eigenvalue weighted by atomic mass is 10.2. The molecule has 0 aromatic carbocycles. The van der Waals surface area contributed by atoms with Crippen molar-refractivity contribution in [2.24, 2.45) is 0 Å². The smallest absolute Gasteiger partial charge is 0.307 e. The van der Waals surface area contributed by atoms with Crippen molar-refractivity contribution in [2.45, 2.75) is 46.1 Å². The summed E-state index contributed by atoms with van der Waals surface area (Å²) in [5.74, 6) is -0.221. The first-order chi connectivity index (χ1) is 11.0. The van der Waals surface area contributed by atoms with Gasteiger partial charge in [0.1, 0.15) is 0 Å². The van der Waals surface area contributed by atoms with Crippen molar-refractivity contribution in [2.75, 3.05) is 26.3 Å². The third kappa shape index (κ3) is 8.71. The molecular formula is C17H27NO4S. The van der Waals surface area contributed by atoms with Crippen molar-refractivity contribution >= 4 is 23.2 Å². The van der Waals surface area contributed by atoms with Gasteiger partial charge < -0.3 is 14.4 Å². The molecule has 1 rings (SSSR count). The molecule has 1 heterocycles. The number of hydrogen-bond acceptors (Lipinski definition) is 5. The maximum absolute atomic E-state index is 12.4. The molecule has 0 N–H and O–H groups in total. The summed E-state index contributed by atoms with van der Waals surface area (Å²) in [5.41, 5.74) is 0. The molecule has 130 valence electrons. The lowest BCUT2D eigenvalue weighted by molar-refractivity contribution is -0.144. The quantitative estimate of drug-likeness (QED) is 0.459. The summed E-state index contributed by atoms with van der Waals surface area (Å²) in [6, 6.07) is 3.89. The lowest BCUT2D eigenvalue weighted by Gasteiger charge is -2.22. The zero-order chi connectivity index (χ0) is 17.1. The molecule has 1 aromatic rings. The van der Waals surface area contributed by atoms with Gasteiger partial charge in [-0.25, -0.2) is 0 Å². The number of esters is 1. The fraction of sp³-hybridized carbons (Fsp3) is 0.647. The fourth-order valence-corrected chi connectivity index (χ4v) is 2.76. The zero-order valence-electron chi connectivity index (χ0n) is 14.2. The molecule has 23 heavy (non-hydrogen) atoms. The molecule has 0 radical (unpaired) electrons. The summed E-state index contributed by atoms with van der Waals surface area (Å²) in [6.07, 6.45) is 1.56. The average molecular weight is 341 g/mol. The van der Waals surface area contributed by atoms with Gasteiger partial charge in [0.15, 0.2) is 0 Å². The molecule has 0 atom stereocenters. The highest BCUT2D eigenvalue weighted by atomic mass is 32.1. The molecule has 0 bridgehead atoms. The molecule has 0 unspecified atom stereocenters. The molecule has 6 heteroatoms. The van der Waals surface area contributed by atoms with Crippen LogP contribution in [0.2, 0.25) is 0 Å². The van der Waals surface area contributed by atoms with Gasteiger partial charge in [0, 0.05) is 24.6 Å². The van der Waals surface area contributed by atoms with Crippen LogP contribution in [0, 0.1) is 0 Å². The molecule has 0 fully saturated rings. The summed E-state index contributed by atoms with van der Waals surface area (Å²) in [7, 11) is 0. The van der Waals surface area contributed by atoms with Crippen molar-refractivity contribution in [1.82, 2.24) is 4.90 Å². The van der Waals surface area contributed by atoms with Crippen LogP contribution in [-0.2, 0) is 25.5 Å². The monoisotopic (exact) mass is 341 g/mol. The van der Waals surface area contributed by atoms with Crippen LogP contribution >= 0.6 is 11.3 Å². The minimum absolute atomic E-state index is 0.0429. The average Bonchev–Trinajstić information content (AvgIpc) is 2.99. The molecule has 0 aliphatic carbocycles. The molecule has 5 nitrogen and oxygen atoms in total. The van der Waals surface area contributed by atoms with E-state index in [4.69, 9.17) is 9.47 Å². The van der Waals surface area contributed by atoms with Crippen LogP contribution in [0.1, 0.15) is 38.5 Å². The van der Waals surface area contributed by atoms with E-state index in [0.29, 0.717) is 32.7 Å². The van der Waals surface area contributed by atoms with Crippen molar-refractivity contribution in [1.29, 1.82) is 0 Å². The highest BCUT2D eigenvalue weighted by Gasteiger charge is 2.16. The molecule has 0 aliphatic heterocycles. The number of hydrogen-bond donors (Lipinski definition) is 0. The zero-order valence-corrected chi connectivity index (χ0v) is 15.1. The lowest BCUT2D eigenvalue weighted by Crippen LogP contribution is -2.35. The molecule has 1 aromatic heterocycles. The second kappa shape index (κ2) is 11.2. The van der Waals surface area contributed by atoms with Gasteiger partial charge in [-0.2, -0.15) is 0 Å². The molecule has 0 spiro atoms. The van der Waals surface area contributed by atoms with E-state index in [1.54, 1.807) is 23.2 Å². The first kappa shape index (κ1) is 19.6. The van der Waals surface area contributed by atoms with Gasteiger partial charge in [0.05, 0.1) is 25.6 Å². The summed E-state index contributed by atoms with van der Waals surface area (Å²) < 4.78 is 10.4. The summed E-state index contributed by atoms with van der Waals surface area (Å²) in [5, 5.41) is 1.96. The maximum atomic E-state index is 12.4. The van der Waals surface area contributed by atoms with Crippen LogP contribution < -0.4 is 0 Å². The Morgan fingerprint density at radius 3 is 2.70 bits per heavy atom. The maximum Gasteiger partial charge on any atom is 0.307 e. The van der Waals surface area contributed by atoms with Crippen LogP contribution in [0.15, 0.2) is 17.5 Å². The molecular weight excluding hydrogens is 314 g/mol. The molecule has 0 aliphatic rings. The SMILES string of the molecule is CCOC(=O)CCN(CCCOC(C)C)C(=O)Cc1cccs1. The molecule has 1 amide bonds. The standard InChI is InChI=1S/C17H27NO4S/c1-4-21-17(20)8-10-18(9-6-11-22-14(2)3)16(19)13-15-7-5-12-23-15/h5,7,12,14H,4,6,8-11,13H2,1-3H3. The number of carbonyl (C=O) groups excluding carboxylic acids is 2. The van der Waals surface area contributed by atoms with Gasteiger partial charge >= 0.3 is 5.97 Å². The molecule has 0 saturated heterocycles. The Morgan fingerprint density at radius 2 is 2.09 bits per heavy atom. The van der Waals surface area contributed by atoms with E-state index < -0.39 is 0 Å². The summed E-state index contributed by atoms with van der Waals surface area (Å²) >= 11 is 1.57. The van der Waals surface area contributed by atoms with Gasteiger partial charge in [-0.1, -0.05) is 6.07 Å². The van der Waals surface area contributed by atoms with Crippen molar-refractivity contribution in [3.05, 3.63) is 22.4 Å². The van der Waals surface area contributed by atoms with E-state index in [0.717, 1.165) is 11.3 Å².